The fourth-order valence-electron chi connectivity index (χ4n) is 4.87. The van der Waals surface area contributed by atoms with Crippen LogP contribution in [0.1, 0.15) is 23.5 Å². The molecule has 2 atom stereocenters. The summed E-state index contributed by atoms with van der Waals surface area (Å²) >= 11 is 5.81. The number of methoxy groups -OCH3 is 1. The molecule has 10 heteroatoms. The van der Waals surface area contributed by atoms with Gasteiger partial charge in [-0.1, -0.05) is 18.2 Å². The second-order valence-corrected chi connectivity index (χ2v) is 9.63. The van der Waals surface area contributed by atoms with Crippen molar-refractivity contribution < 1.29 is 18.8 Å². The van der Waals surface area contributed by atoms with Gasteiger partial charge in [0.1, 0.15) is 34.8 Å². The number of thiocarbonyl (C=S) groups is 1. The highest BCUT2D eigenvalue weighted by Gasteiger charge is 2.42. The number of rotatable bonds is 8. The minimum Gasteiger partial charge on any atom is -0.497 e. The maximum Gasteiger partial charge on any atom is 0.280 e. The molecule has 1 saturated heterocycles. The van der Waals surface area contributed by atoms with Crippen LogP contribution in [0.4, 0.5) is 11.4 Å². The number of hydrogen-bond acceptors (Lipinski definition) is 7. The van der Waals surface area contributed by atoms with Gasteiger partial charge in [-0.15, -0.1) is 0 Å². The lowest BCUT2D eigenvalue weighted by molar-refractivity contribution is -0.384. The van der Waals surface area contributed by atoms with Gasteiger partial charge in [-0.2, -0.15) is 0 Å². The Morgan fingerprint density at radius 1 is 0.902 bits per heavy atom. The Morgan fingerprint density at radius 2 is 1.59 bits per heavy atom. The summed E-state index contributed by atoms with van der Waals surface area (Å²) in [5.41, 5.74) is 1.97. The molecule has 0 spiro atoms. The Kier molecular flexibility index (Phi) is 7.05. The van der Waals surface area contributed by atoms with Crippen LogP contribution in [0.2, 0.25) is 0 Å². The number of nitro groups is 1. The first-order valence-electron chi connectivity index (χ1n) is 12.8. The molecule has 9 nitrogen and oxygen atoms in total. The van der Waals surface area contributed by atoms with Crippen molar-refractivity contribution >= 4 is 28.7 Å². The van der Waals surface area contributed by atoms with Gasteiger partial charge in [0.05, 0.1) is 29.3 Å². The molecule has 5 aromatic rings. The topological polar surface area (TPSA) is 103 Å². The van der Waals surface area contributed by atoms with Crippen LogP contribution in [0, 0.1) is 10.1 Å². The van der Waals surface area contributed by atoms with Gasteiger partial charge in [-0.05, 0) is 91.1 Å². The van der Waals surface area contributed by atoms with E-state index >= 15 is 0 Å². The van der Waals surface area contributed by atoms with Gasteiger partial charge < -0.3 is 24.1 Å². The lowest BCUT2D eigenvalue weighted by atomic mass is 10.0. The highest BCUT2D eigenvalue weighted by atomic mass is 32.1. The third-order valence-corrected chi connectivity index (χ3v) is 7.11. The monoisotopic (exact) mass is 564 g/mol. The molecule has 1 fully saturated rings. The average Bonchev–Trinajstić information content (AvgIpc) is 3.63. The molecule has 3 aromatic carbocycles. The molecule has 0 radical (unpaired) electrons. The van der Waals surface area contributed by atoms with E-state index in [0.717, 1.165) is 17.1 Å². The Morgan fingerprint density at radius 3 is 2.27 bits per heavy atom. The van der Waals surface area contributed by atoms with Crippen LogP contribution in [0.5, 0.6) is 17.2 Å². The average molecular weight is 565 g/mol. The van der Waals surface area contributed by atoms with Crippen molar-refractivity contribution in [2.45, 2.75) is 12.1 Å². The SMILES string of the molecule is COc1ccc(Oc2ccc(N3C(=S)N[C@@H](c4ccccn4)[C@H]3c3ccc(-c4ccccc4[N+](=O)[O-])o3)cc2)cc1. The van der Waals surface area contributed by atoms with Crippen LogP contribution in [0.15, 0.2) is 114 Å². The zero-order chi connectivity index (χ0) is 28.3. The number of pyridine rings is 1. The van der Waals surface area contributed by atoms with Gasteiger partial charge in [0.2, 0.25) is 0 Å². The van der Waals surface area contributed by atoms with Gasteiger partial charge in [0, 0.05) is 18.0 Å². The Labute approximate surface area is 241 Å². The fraction of sp³-hybridized carbons (Fsp3) is 0.0968. The van der Waals surface area contributed by atoms with E-state index in [2.05, 4.69) is 10.3 Å². The summed E-state index contributed by atoms with van der Waals surface area (Å²) in [7, 11) is 1.62. The smallest absolute Gasteiger partial charge is 0.280 e. The largest absolute Gasteiger partial charge is 0.497 e. The summed E-state index contributed by atoms with van der Waals surface area (Å²) < 4.78 is 17.5. The summed E-state index contributed by atoms with van der Waals surface area (Å²) in [6, 6.07) is 30.0. The first-order chi connectivity index (χ1) is 20.0. The number of nitro benzene ring substituents is 1. The van der Waals surface area contributed by atoms with Crippen LogP contribution in [-0.4, -0.2) is 22.1 Å². The van der Waals surface area contributed by atoms with Crippen LogP contribution < -0.4 is 19.7 Å². The van der Waals surface area contributed by atoms with E-state index < -0.39 is 11.0 Å². The molecule has 41 heavy (non-hydrogen) atoms. The van der Waals surface area contributed by atoms with E-state index in [-0.39, 0.29) is 11.7 Å². The normalized spacial score (nSPS) is 16.3. The first-order valence-corrected chi connectivity index (χ1v) is 13.2. The van der Waals surface area contributed by atoms with Crippen LogP contribution in [-0.2, 0) is 0 Å². The van der Waals surface area contributed by atoms with E-state index in [4.69, 9.17) is 26.1 Å². The van der Waals surface area contributed by atoms with Gasteiger partial charge >= 0.3 is 0 Å². The molecule has 2 aromatic heterocycles. The number of para-hydroxylation sites is 1. The molecule has 1 aliphatic rings. The number of benzene rings is 3. The number of hydrogen-bond donors (Lipinski definition) is 1. The Hall–Kier alpha value is -5.22. The predicted octanol–water partition coefficient (Wildman–Crippen LogP) is 7.23. The van der Waals surface area contributed by atoms with Crippen molar-refractivity contribution in [2.75, 3.05) is 12.0 Å². The highest BCUT2D eigenvalue weighted by Crippen LogP contribution is 2.44. The van der Waals surface area contributed by atoms with Crippen molar-refractivity contribution in [1.29, 1.82) is 0 Å². The number of anilines is 1. The molecule has 6 rings (SSSR count). The fourth-order valence-corrected chi connectivity index (χ4v) is 5.22. The molecule has 0 amide bonds. The number of aromatic nitrogens is 1. The second-order valence-electron chi connectivity index (χ2n) is 9.24. The summed E-state index contributed by atoms with van der Waals surface area (Å²) in [6.07, 6.45) is 1.73. The lowest BCUT2D eigenvalue weighted by Gasteiger charge is -2.26. The second kappa shape index (κ2) is 11.1. The standard InChI is InChI=1S/C31H24N4O5S/c1-38-21-13-15-23(16-14-21)39-22-11-9-20(10-12-22)34-30(29(33-31(34)41)25-7-4-5-19-32-25)28-18-17-27(40-28)24-6-2-3-8-26(24)35(36)37/h2-19,29-30H,1H3,(H,33,41)/t29-,30+/m0/s1. The number of nitrogens with zero attached hydrogens (tertiary/aromatic N) is 3. The summed E-state index contributed by atoms with van der Waals surface area (Å²) in [4.78, 5) is 17.8. The molecular weight excluding hydrogens is 540 g/mol. The number of nitrogens with one attached hydrogen (secondary N) is 1. The third-order valence-electron chi connectivity index (χ3n) is 6.79. The van der Waals surface area contributed by atoms with Crippen LogP contribution in [0.25, 0.3) is 11.3 Å². The van der Waals surface area contributed by atoms with E-state index in [1.54, 1.807) is 37.6 Å². The summed E-state index contributed by atoms with van der Waals surface area (Å²) in [6.45, 7) is 0. The quantitative estimate of drug-likeness (QED) is 0.119. The van der Waals surface area contributed by atoms with Crippen LogP contribution in [0.3, 0.4) is 0 Å². The first kappa shape index (κ1) is 26.0. The third kappa shape index (κ3) is 5.20. The maximum atomic E-state index is 11.7. The molecule has 1 N–H and O–H groups in total. The molecular formula is C31H24N4O5S. The Bertz CT molecular complexity index is 1690. The highest BCUT2D eigenvalue weighted by molar-refractivity contribution is 7.80. The van der Waals surface area contributed by atoms with Crippen molar-refractivity contribution in [2.24, 2.45) is 0 Å². The zero-order valence-corrected chi connectivity index (χ0v) is 22.7. The van der Waals surface area contributed by atoms with Crippen molar-refractivity contribution in [3.05, 3.63) is 131 Å². The maximum absolute atomic E-state index is 11.7. The van der Waals surface area contributed by atoms with E-state index in [9.17, 15) is 10.1 Å². The molecule has 204 valence electrons. The van der Waals surface area contributed by atoms with Crippen LogP contribution >= 0.6 is 12.2 Å². The molecule has 3 heterocycles. The van der Waals surface area contributed by atoms with Gasteiger partial charge in [0.15, 0.2) is 5.11 Å². The van der Waals surface area contributed by atoms with Gasteiger partial charge in [-0.3, -0.25) is 15.1 Å². The van der Waals surface area contributed by atoms with E-state index in [1.807, 2.05) is 77.7 Å². The Balaban J connectivity index is 1.35. The molecule has 1 aliphatic heterocycles. The number of ether oxygens (including phenoxy) is 2. The van der Waals surface area contributed by atoms with Gasteiger partial charge in [0.25, 0.3) is 5.69 Å². The molecule has 0 unspecified atom stereocenters. The van der Waals surface area contributed by atoms with Crippen molar-refractivity contribution in [1.82, 2.24) is 10.3 Å². The zero-order valence-electron chi connectivity index (χ0n) is 21.8. The van der Waals surface area contributed by atoms with Crippen molar-refractivity contribution in [3.63, 3.8) is 0 Å². The lowest BCUT2D eigenvalue weighted by Crippen LogP contribution is -2.29. The van der Waals surface area contributed by atoms with Gasteiger partial charge in [-0.25, -0.2) is 0 Å². The van der Waals surface area contributed by atoms with E-state index in [0.29, 0.717) is 33.7 Å². The summed E-state index contributed by atoms with van der Waals surface area (Å²) in [5.74, 6) is 3.07. The number of furan rings is 1. The minimum atomic E-state index is -0.415. The summed E-state index contributed by atoms with van der Waals surface area (Å²) in [5, 5.41) is 15.5. The molecule has 0 aliphatic carbocycles. The van der Waals surface area contributed by atoms with Crippen molar-refractivity contribution in [3.8, 4) is 28.6 Å². The molecule has 0 bridgehead atoms. The minimum absolute atomic E-state index is 0.0287. The van der Waals surface area contributed by atoms with E-state index in [1.165, 1.54) is 6.07 Å². The molecule has 0 saturated carbocycles. The predicted molar refractivity (Wildman–Crippen MR) is 158 cm³/mol.